The molecule has 0 spiro atoms. The Morgan fingerprint density at radius 3 is 2.29 bits per heavy atom. The van der Waals surface area contributed by atoms with Crippen LogP contribution in [0.3, 0.4) is 0 Å². The lowest BCUT2D eigenvalue weighted by Gasteiger charge is -2.15. The van der Waals surface area contributed by atoms with Crippen molar-refractivity contribution in [3.8, 4) is 40.0 Å². The molecule has 0 saturated carbocycles. The molecule has 0 N–H and O–H groups in total. The summed E-state index contributed by atoms with van der Waals surface area (Å²) in [5, 5.41) is 11.3. The number of hydrogen-bond donors (Lipinski definition) is 0. The Morgan fingerprint density at radius 1 is 0.927 bits per heavy atom. The summed E-state index contributed by atoms with van der Waals surface area (Å²) in [6, 6.07) is 30.8. The normalized spacial score (nSPS) is 11.0. The van der Waals surface area contributed by atoms with Crippen molar-refractivity contribution < 1.29 is 13.9 Å². The molecule has 5 nitrogen and oxygen atoms in total. The van der Waals surface area contributed by atoms with Crippen molar-refractivity contribution in [2.45, 2.75) is 13.5 Å². The Kier molecular flexibility index (Phi) is 9.30. The molecule has 1 heterocycles. The molecule has 41 heavy (non-hydrogen) atoms. The molecule has 8 heteroatoms. The summed E-state index contributed by atoms with van der Waals surface area (Å²) in [7, 11) is 0. The maximum Gasteiger partial charge on any atom is 0.238 e. The van der Waals surface area contributed by atoms with Crippen LogP contribution in [0.25, 0.3) is 22.5 Å². The van der Waals surface area contributed by atoms with E-state index in [0.717, 1.165) is 25.8 Å². The first-order chi connectivity index (χ1) is 20.0. The van der Waals surface area contributed by atoms with Crippen LogP contribution in [0.2, 0.25) is 10.0 Å². The van der Waals surface area contributed by atoms with E-state index in [1.807, 2.05) is 85.8 Å². The minimum absolute atomic E-state index is 0.232. The highest BCUT2D eigenvalue weighted by atomic mass is 127. The topological polar surface area (TPSA) is 67.8 Å². The van der Waals surface area contributed by atoms with E-state index in [4.69, 9.17) is 37.1 Å². The number of nitriles is 1. The van der Waals surface area contributed by atoms with Crippen LogP contribution in [-0.2, 0) is 6.61 Å². The zero-order valence-electron chi connectivity index (χ0n) is 21.9. The summed E-state index contributed by atoms with van der Waals surface area (Å²) >= 11 is 14.6. The average molecular weight is 693 g/mol. The second-order valence-corrected chi connectivity index (χ2v) is 10.9. The van der Waals surface area contributed by atoms with Gasteiger partial charge in [0.25, 0.3) is 0 Å². The van der Waals surface area contributed by atoms with E-state index in [0.29, 0.717) is 45.0 Å². The molecule has 0 aliphatic carbocycles. The van der Waals surface area contributed by atoms with Crippen LogP contribution in [0.5, 0.6) is 11.5 Å². The Hall–Kier alpha value is -3.77. The fraction of sp³-hybridized carbons (Fsp3) is 0.0909. The monoisotopic (exact) mass is 692 g/mol. The molecule has 5 rings (SSSR count). The van der Waals surface area contributed by atoms with Crippen LogP contribution in [-0.4, -0.2) is 12.8 Å². The fourth-order valence-corrected chi connectivity index (χ4v) is 5.52. The molecule has 1 aromatic heterocycles. The SMILES string of the molecule is CCOc1cc(C=Nc2oc(-c3ccccc3)c(-c3ccccc3)c2C#N)cc(I)c1OCc1ccc(Cl)cc1Cl. The second kappa shape index (κ2) is 13.3. The van der Waals surface area contributed by atoms with E-state index in [1.165, 1.54) is 0 Å². The summed E-state index contributed by atoms with van der Waals surface area (Å²) in [5.41, 5.74) is 4.39. The maximum absolute atomic E-state index is 10.2. The van der Waals surface area contributed by atoms with Gasteiger partial charge in [-0.2, -0.15) is 5.26 Å². The quantitative estimate of drug-likeness (QED) is 0.114. The molecule has 0 aliphatic rings. The number of benzene rings is 4. The first kappa shape index (κ1) is 28.7. The van der Waals surface area contributed by atoms with Crippen molar-refractivity contribution in [2.24, 2.45) is 4.99 Å². The van der Waals surface area contributed by atoms with E-state index in [-0.39, 0.29) is 12.5 Å². The Labute approximate surface area is 262 Å². The third-order valence-corrected chi connectivity index (χ3v) is 7.54. The van der Waals surface area contributed by atoms with E-state index in [2.05, 4.69) is 33.7 Å². The second-order valence-electron chi connectivity index (χ2n) is 8.88. The van der Waals surface area contributed by atoms with Gasteiger partial charge in [0.05, 0.1) is 10.2 Å². The van der Waals surface area contributed by atoms with Crippen LogP contribution < -0.4 is 9.47 Å². The van der Waals surface area contributed by atoms with Gasteiger partial charge in [0, 0.05) is 33.0 Å². The maximum atomic E-state index is 10.2. The molecule has 0 radical (unpaired) electrons. The Balaban J connectivity index is 1.50. The van der Waals surface area contributed by atoms with Crippen molar-refractivity contribution in [2.75, 3.05) is 6.61 Å². The summed E-state index contributed by atoms with van der Waals surface area (Å²) in [5.74, 6) is 2.00. The highest BCUT2D eigenvalue weighted by Crippen LogP contribution is 2.42. The zero-order valence-corrected chi connectivity index (χ0v) is 25.6. The molecular formula is C33H23Cl2IN2O3. The lowest BCUT2D eigenvalue weighted by Crippen LogP contribution is -2.03. The van der Waals surface area contributed by atoms with Crippen LogP contribution in [0.1, 0.15) is 23.6 Å². The van der Waals surface area contributed by atoms with Crippen LogP contribution in [0.15, 0.2) is 100 Å². The molecule has 0 bridgehead atoms. The molecule has 4 aromatic carbocycles. The Bertz CT molecular complexity index is 1750. The average Bonchev–Trinajstić information content (AvgIpc) is 3.36. The molecule has 0 fully saturated rings. The van der Waals surface area contributed by atoms with Gasteiger partial charge in [-0.15, -0.1) is 0 Å². The van der Waals surface area contributed by atoms with Crippen LogP contribution in [0.4, 0.5) is 5.88 Å². The molecule has 0 unspecified atom stereocenters. The van der Waals surface area contributed by atoms with Gasteiger partial charge in [-0.1, -0.05) is 89.9 Å². The third-order valence-electron chi connectivity index (χ3n) is 6.15. The first-order valence-electron chi connectivity index (χ1n) is 12.7. The summed E-state index contributed by atoms with van der Waals surface area (Å²) in [6.45, 7) is 2.61. The first-order valence-corrected chi connectivity index (χ1v) is 14.6. The molecule has 0 amide bonds. The van der Waals surface area contributed by atoms with Crippen molar-refractivity contribution in [1.82, 2.24) is 0 Å². The third kappa shape index (κ3) is 6.59. The van der Waals surface area contributed by atoms with Gasteiger partial charge in [0.15, 0.2) is 11.5 Å². The van der Waals surface area contributed by atoms with Crippen molar-refractivity contribution in [3.63, 3.8) is 0 Å². The van der Waals surface area contributed by atoms with Gasteiger partial charge < -0.3 is 13.9 Å². The van der Waals surface area contributed by atoms with E-state index in [9.17, 15) is 5.26 Å². The van der Waals surface area contributed by atoms with E-state index >= 15 is 0 Å². The summed E-state index contributed by atoms with van der Waals surface area (Å²) < 4.78 is 19.1. The molecule has 204 valence electrons. The van der Waals surface area contributed by atoms with Gasteiger partial charge in [0.1, 0.15) is 24.0 Å². The van der Waals surface area contributed by atoms with Crippen LogP contribution >= 0.6 is 45.8 Å². The smallest absolute Gasteiger partial charge is 0.238 e. The van der Waals surface area contributed by atoms with Gasteiger partial charge in [0.2, 0.25) is 5.88 Å². The van der Waals surface area contributed by atoms with Gasteiger partial charge in [-0.3, -0.25) is 0 Å². The minimum Gasteiger partial charge on any atom is -0.490 e. The number of hydrogen-bond acceptors (Lipinski definition) is 5. The molecule has 5 aromatic rings. The number of furan rings is 1. The number of halogens is 3. The minimum atomic E-state index is 0.232. The molecular weight excluding hydrogens is 670 g/mol. The standard InChI is InChI=1S/C33H23Cl2IN2O3/c1-2-39-29-16-21(15-28(36)32(29)40-20-24-13-14-25(34)17-27(24)35)19-38-33-26(18-37)30(22-9-5-3-6-10-22)31(41-33)23-11-7-4-8-12-23/h3-17,19H,2,20H2,1H3. The van der Waals surface area contributed by atoms with Crippen molar-refractivity contribution >= 4 is 57.9 Å². The van der Waals surface area contributed by atoms with Gasteiger partial charge in [-0.25, -0.2) is 4.99 Å². The number of aliphatic imine (C=N–C) groups is 1. The van der Waals surface area contributed by atoms with Crippen molar-refractivity contribution in [1.29, 1.82) is 5.26 Å². The molecule has 0 atom stereocenters. The van der Waals surface area contributed by atoms with Gasteiger partial charge in [-0.05, 0) is 64.9 Å². The highest BCUT2D eigenvalue weighted by molar-refractivity contribution is 14.1. The lowest BCUT2D eigenvalue weighted by atomic mass is 9.98. The number of ether oxygens (including phenoxy) is 2. The molecule has 0 saturated heterocycles. The molecule has 0 aliphatic heterocycles. The number of rotatable bonds is 9. The highest BCUT2D eigenvalue weighted by Gasteiger charge is 2.22. The van der Waals surface area contributed by atoms with Crippen molar-refractivity contribution in [3.05, 3.63) is 121 Å². The van der Waals surface area contributed by atoms with Crippen LogP contribution in [0, 0.1) is 14.9 Å². The summed E-state index contributed by atoms with van der Waals surface area (Å²) in [4.78, 5) is 4.62. The van der Waals surface area contributed by atoms with Gasteiger partial charge >= 0.3 is 0 Å². The predicted octanol–water partition coefficient (Wildman–Crippen LogP) is 10.1. The largest absolute Gasteiger partial charge is 0.490 e. The zero-order chi connectivity index (χ0) is 28.8. The fourth-order valence-electron chi connectivity index (χ4n) is 4.27. The predicted molar refractivity (Wildman–Crippen MR) is 173 cm³/mol. The van der Waals surface area contributed by atoms with E-state index in [1.54, 1.807) is 18.3 Å². The lowest BCUT2D eigenvalue weighted by molar-refractivity contribution is 0.267. The Morgan fingerprint density at radius 2 is 1.63 bits per heavy atom. The number of nitrogens with zero attached hydrogens (tertiary/aromatic N) is 2. The van der Waals surface area contributed by atoms with E-state index < -0.39 is 0 Å². The summed E-state index contributed by atoms with van der Waals surface area (Å²) in [6.07, 6.45) is 1.66.